The molecule has 7 heteroatoms. The van der Waals surface area contributed by atoms with Crippen LogP contribution in [0.15, 0.2) is 29.2 Å². The average molecular weight is 279 g/mol. The number of hydrogen-bond acceptors (Lipinski definition) is 4. The number of nitriles is 1. The summed E-state index contributed by atoms with van der Waals surface area (Å²) >= 11 is 0. The molecule has 1 aromatic carbocycles. The lowest BCUT2D eigenvalue weighted by Crippen LogP contribution is -2.25. The van der Waals surface area contributed by atoms with Crippen LogP contribution in [-0.2, 0) is 14.8 Å². The molecule has 100 valence electrons. The number of carbonyl (C=O) groups excluding carboxylic acids is 1. The average Bonchev–Trinajstić information content (AvgIpc) is 2.83. The molecular formula is C12H13N3O3S. The molecule has 0 unspecified atom stereocenters. The molecule has 0 atom stereocenters. The monoisotopic (exact) mass is 279 g/mol. The van der Waals surface area contributed by atoms with Crippen LogP contribution < -0.4 is 9.62 Å². The Kier molecular flexibility index (Phi) is 3.83. The van der Waals surface area contributed by atoms with E-state index in [1.54, 1.807) is 23.1 Å². The minimum atomic E-state index is -3.65. The van der Waals surface area contributed by atoms with E-state index in [9.17, 15) is 13.2 Å². The van der Waals surface area contributed by atoms with Gasteiger partial charge in [0.15, 0.2) is 0 Å². The third-order valence-corrected chi connectivity index (χ3v) is 4.29. The van der Waals surface area contributed by atoms with Crippen LogP contribution in [-0.4, -0.2) is 27.4 Å². The van der Waals surface area contributed by atoms with Gasteiger partial charge in [0, 0.05) is 18.7 Å². The summed E-state index contributed by atoms with van der Waals surface area (Å²) in [5.41, 5.74) is 0.696. The number of anilines is 1. The maximum Gasteiger partial charge on any atom is 0.241 e. The molecule has 0 bridgehead atoms. The number of nitrogens with zero attached hydrogens (tertiary/aromatic N) is 2. The zero-order valence-electron chi connectivity index (χ0n) is 10.2. The van der Waals surface area contributed by atoms with Gasteiger partial charge in [0.2, 0.25) is 15.9 Å². The van der Waals surface area contributed by atoms with E-state index in [1.165, 1.54) is 12.1 Å². The maximum absolute atomic E-state index is 11.7. The molecular weight excluding hydrogens is 266 g/mol. The number of carbonyl (C=O) groups is 1. The fraction of sp³-hybridized carbons (Fsp3) is 0.333. The van der Waals surface area contributed by atoms with Crippen molar-refractivity contribution < 1.29 is 13.2 Å². The highest BCUT2D eigenvalue weighted by Gasteiger charge is 2.22. The summed E-state index contributed by atoms with van der Waals surface area (Å²) in [6.07, 6.45) is 1.35. The lowest BCUT2D eigenvalue weighted by atomic mass is 10.3. The van der Waals surface area contributed by atoms with Gasteiger partial charge >= 0.3 is 0 Å². The van der Waals surface area contributed by atoms with Crippen LogP contribution >= 0.6 is 0 Å². The van der Waals surface area contributed by atoms with Crippen molar-refractivity contribution in [3.63, 3.8) is 0 Å². The largest absolute Gasteiger partial charge is 0.312 e. The fourth-order valence-electron chi connectivity index (χ4n) is 1.94. The zero-order chi connectivity index (χ0) is 13.9. The van der Waals surface area contributed by atoms with Gasteiger partial charge in [-0.15, -0.1) is 0 Å². The summed E-state index contributed by atoms with van der Waals surface area (Å²) in [7, 11) is -3.65. The molecule has 1 aliphatic rings. The minimum absolute atomic E-state index is 0.0539. The highest BCUT2D eigenvalue weighted by molar-refractivity contribution is 7.89. The summed E-state index contributed by atoms with van der Waals surface area (Å²) < 4.78 is 25.6. The molecule has 0 saturated carbocycles. The fourth-order valence-corrected chi connectivity index (χ4v) is 2.85. The first-order valence-electron chi connectivity index (χ1n) is 5.81. The van der Waals surface area contributed by atoms with Crippen LogP contribution in [0.2, 0.25) is 0 Å². The van der Waals surface area contributed by atoms with E-state index in [4.69, 9.17) is 5.26 Å². The first-order valence-corrected chi connectivity index (χ1v) is 7.30. The number of hydrogen-bond donors (Lipinski definition) is 1. The third-order valence-electron chi connectivity index (χ3n) is 2.87. The molecule has 6 nitrogen and oxygen atoms in total. The van der Waals surface area contributed by atoms with Crippen molar-refractivity contribution in [3.8, 4) is 6.07 Å². The van der Waals surface area contributed by atoms with Crippen LogP contribution in [0.25, 0.3) is 0 Å². The summed E-state index contributed by atoms with van der Waals surface area (Å²) in [5, 5.41) is 8.37. The molecule has 0 radical (unpaired) electrons. The van der Waals surface area contributed by atoms with E-state index in [-0.39, 0.29) is 17.3 Å². The van der Waals surface area contributed by atoms with E-state index >= 15 is 0 Å². The van der Waals surface area contributed by atoms with Crippen LogP contribution in [0, 0.1) is 11.3 Å². The van der Waals surface area contributed by atoms with Gasteiger partial charge in [-0.05, 0) is 30.7 Å². The summed E-state index contributed by atoms with van der Waals surface area (Å²) in [5.74, 6) is 0.0539. The number of benzene rings is 1. The quantitative estimate of drug-likeness (QED) is 0.818. The van der Waals surface area contributed by atoms with Crippen molar-refractivity contribution in [1.29, 1.82) is 5.26 Å². The SMILES string of the molecule is N#CCNS(=O)(=O)c1ccc(N2CCCC2=O)cc1. The Labute approximate surface area is 111 Å². The molecule has 19 heavy (non-hydrogen) atoms. The highest BCUT2D eigenvalue weighted by Crippen LogP contribution is 2.22. The first kappa shape index (κ1) is 13.5. The Bertz CT molecular complexity index is 617. The number of amides is 1. The molecule has 0 aromatic heterocycles. The van der Waals surface area contributed by atoms with Crippen molar-refractivity contribution in [3.05, 3.63) is 24.3 Å². The van der Waals surface area contributed by atoms with Gasteiger partial charge in [-0.3, -0.25) is 4.79 Å². The Balaban J connectivity index is 2.19. The molecule has 1 aromatic rings. The van der Waals surface area contributed by atoms with Crippen molar-refractivity contribution in [2.45, 2.75) is 17.7 Å². The van der Waals surface area contributed by atoms with Gasteiger partial charge in [0.25, 0.3) is 0 Å². The van der Waals surface area contributed by atoms with E-state index in [1.807, 2.05) is 0 Å². The topological polar surface area (TPSA) is 90.3 Å². The van der Waals surface area contributed by atoms with Crippen molar-refractivity contribution >= 4 is 21.6 Å². The molecule has 0 aliphatic carbocycles. The van der Waals surface area contributed by atoms with Gasteiger partial charge in [0.05, 0.1) is 17.5 Å². The van der Waals surface area contributed by atoms with Gasteiger partial charge in [-0.1, -0.05) is 0 Å². The minimum Gasteiger partial charge on any atom is -0.312 e. The number of rotatable bonds is 4. The number of nitrogens with one attached hydrogen (secondary N) is 1. The number of sulfonamides is 1. The molecule has 0 spiro atoms. The normalized spacial score (nSPS) is 15.5. The van der Waals surface area contributed by atoms with E-state index < -0.39 is 10.0 Å². The van der Waals surface area contributed by atoms with Crippen LogP contribution in [0.5, 0.6) is 0 Å². The molecule has 2 rings (SSSR count). The van der Waals surface area contributed by atoms with Crippen molar-refractivity contribution in [2.75, 3.05) is 18.0 Å². The molecule has 1 fully saturated rings. The second-order valence-electron chi connectivity index (χ2n) is 4.13. The highest BCUT2D eigenvalue weighted by atomic mass is 32.2. The van der Waals surface area contributed by atoms with Crippen LogP contribution in [0.4, 0.5) is 5.69 Å². The summed E-state index contributed by atoms with van der Waals surface area (Å²) in [4.78, 5) is 13.3. The van der Waals surface area contributed by atoms with Crippen LogP contribution in [0.1, 0.15) is 12.8 Å². The van der Waals surface area contributed by atoms with Crippen molar-refractivity contribution in [2.24, 2.45) is 0 Å². The van der Waals surface area contributed by atoms with E-state index in [2.05, 4.69) is 4.72 Å². The Hall–Kier alpha value is -1.91. The Morgan fingerprint density at radius 3 is 2.53 bits per heavy atom. The Morgan fingerprint density at radius 1 is 1.32 bits per heavy atom. The van der Waals surface area contributed by atoms with E-state index in [0.29, 0.717) is 18.7 Å². The molecule has 1 heterocycles. The predicted molar refractivity (Wildman–Crippen MR) is 68.8 cm³/mol. The molecule has 1 aliphatic heterocycles. The molecule has 1 amide bonds. The standard InChI is InChI=1S/C12H13N3O3S/c13-7-8-14-19(17,18)11-5-3-10(4-6-11)15-9-1-2-12(15)16/h3-6,14H,1-2,8-9H2. The maximum atomic E-state index is 11.7. The molecule has 1 saturated heterocycles. The third kappa shape index (κ3) is 2.92. The smallest absolute Gasteiger partial charge is 0.241 e. The van der Waals surface area contributed by atoms with Gasteiger partial charge in [-0.2, -0.15) is 9.98 Å². The predicted octanol–water partition coefficient (Wildman–Crippen LogP) is 0.615. The van der Waals surface area contributed by atoms with E-state index in [0.717, 1.165) is 6.42 Å². The van der Waals surface area contributed by atoms with Gasteiger partial charge < -0.3 is 4.90 Å². The lowest BCUT2D eigenvalue weighted by Gasteiger charge is -2.15. The van der Waals surface area contributed by atoms with Crippen LogP contribution in [0.3, 0.4) is 0 Å². The lowest BCUT2D eigenvalue weighted by molar-refractivity contribution is -0.117. The zero-order valence-corrected chi connectivity index (χ0v) is 11.0. The first-order chi connectivity index (χ1) is 9.04. The summed E-state index contributed by atoms with van der Waals surface area (Å²) in [6.45, 7) is 0.395. The second kappa shape index (κ2) is 5.38. The van der Waals surface area contributed by atoms with Crippen molar-refractivity contribution in [1.82, 2.24) is 4.72 Å². The van der Waals surface area contributed by atoms with Gasteiger partial charge in [-0.25, -0.2) is 8.42 Å². The summed E-state index contributed by atoms with van der Waals surface area (Å²) in [6, 6.07) is 7.78. The Morgan fingerprint density at radius 2 is 2.00 bits per heavy atom. The van der Waals surface area contributed by atoms with Gasteiger partial charge in [0.1, 0.15) is 0 Å². The molecule has 1 N–H and O–H groups in total. The second-order valence-corrected chi connectivity index (χ2v) is 5.89.